The Balaban J connectivity index is 2.24. The molecule has 1 heterocycles. The molecular formula is C13H18N2O2. The number of aliphatic hydroxyl groups is 1. The van der Waals surface area contributed by atoms with Crippen LogP contribution in [0.4, 0.5) is 5.69 Å². The van der Waals surface area contributed by atoms with E-state index >= 15 is 0 Å². The summed E-state index contributed by atoms with van der Waals surface area (Å²) in [5, 5.41) is 12.5. The number of amides is 1. The van der Waals surface area contributed by atoms with Crippen molar-refractivity contribution >= 4 is 11.6 Å². The molecule has 2 N–H and O–H groups in total. The van der Waals surface area contributed by atoms with Crippen molar-refractivity contribution in [2.45, 2.75) is 26.0 Å². The molecule has 0 saturated carbocycles. The third-order valence-electron chi connectivity index (χ3n) is 2.95. The van der Waals surface area contributed by atoms with Crippen molar-refractivity contribution in [3.63, 3.8) is 0 Å². The van der Waals surface area contributed by atoms with Crippen LogP contribution in [0, 0.1) is 0 Å². The summed E-state index contributed by atoms with van der Waals surface area (Å²) in [4.78, 5) is 13.7. The normalized spacial score (nSPS) is 17.5. The highest BCUT2D eigenvalue weighted by Gasteiger charge is 2.21. The van der Waals surface area contributed by atoms with Crippen LogP contribution in [0.3, 0.4) is 0 Å². The second kappa shape index (κ2) is 5.29. The molecule has 1 amide bonds. The molecule has 1 aliphatic rings. The molecule has 2 rings (SSSR count). The van der Waals surface area contributed by atoms with Gasteiger partial charge in [-0.15, -0.1) is 0 Å². The number of anilines is 1. The van der Waals surface area contributed by atoms with Gasteiger partial charge in [-0.2, -0.15) is 0 Å². The highest BCUT2D eigenvalue weighted by atomic mass is 16.3. The van der Waals surface area contributed by atoms with Crippen LogP contribution < -0.4 is 10.2 Å². The van der Waals surface area contributed by atoms with E-state index in [1.54, 1.807) is 11.8 Å². The lowest BCUT2D eigenvalue weighted by atomic mass is 10.1. The first-order valence-electron chi connectivity index (χ1n) is 5.95. The van der Waals surface area contributed by atoms with Crippen LogP contribution in [0.15, 0.2) is 24.3 Å². The van der Waals surface area contributed by atoms with Gasteiger partial charge < -0.3 is 15.3 Å². The predicted molar refractivity (Wildman–Crippen MR) is 66.8 cm³/mol. The Hall–Kier alpha value is -1.39. The van der Waals surface area contributed by atoms with Gasteiger partial charge in [0.15, 0.2) is 0 Å². The Kier molecular flexibility index (Phi) is 3.76. The molecule has 0 radical (unpaired) electrons. The van der Waals surface area contributed by atoms with E-state index in [2.05, 4.69) is 5.32 Å². The SMILES string of the molecule is CC(O)CCN1C(=O)CNCc2ccccc21. The summed E-state index contributed by atoms with van der Waals surface area (Å²) in [6.45, 7) is 3.38. The highest BCUT2D eigenvalue weighted by molar-refractivity contribution is 5.96. The number of aliphatic hydroxyl groups excluding tert-OH is 1. The molecule has 0 spiro atoms. The first kappa shape index (κ1) is 12.1. The minimum Gasteiger partial charge on any atom is -0.393 e. The molecule has 0 fully saturated rings. The quantitative estimate of drug-likeness (QED) is 0.817. The molecule has 1 aromatic carbocycles. The average molecular weight is 234 g/mol. The number of hydrogen-bond donors (Lipinski definition) is 2. The largest absolute Gasteiger partial charge is 0.393 e. The van der Waals surface area contributed by atoms with Crippen LogP contribution >= 0.6 is 0 Å². The van der Waals surface area contributed by atoms with Gasteiger partial charge in [0, 0.05) is 18.8 Å². The summed E-state index contributed by atoms with van der Waals surface area (Å²) in [6.07, 6.45) is 0.214. The molecule has 17 heavy (non-hydrogen) atoms. The summed E-state index contributed by atoms with van der Waals surface area (Å²) < 4.78 is 0. The zero-order valence-electron chi connectivity index (χ0n) is 10.0. The fourth-order valence-electron chi connectivity index (χ4n) is 2.02. The first-order valence-corrected chi connectivity index (χ1v) is 5.95. The number of benzene rings is 1. The topological polar surface area (TPSA) is 52.6 Å². The van der Waals surface area contributed by atoms with Crippen LogP contribution in [0.5, 0.6) is 0 Å². The van der Waals surface area contributed by atoms with E-state index in [0.29, 0.717) is 26.1 Å². The second-order valence-electron chi connectivity index (χ2n) is 4.42. The lowest BCUT2D eigenvalue weighted by Gasteiger charge is -2.23. The third kappa shape index (κ3) is 2.84. The van der Waals surface area contributed by atoms with Crippen molar-refractivity contribution in [2.75, 3.05) is 18.0 Å². The van der Waals surface area contributed by atoms with Gasteiger partial charge in [0.2, 0.25) is 5.91 Å². The smallest absolute Gasteiger partial charge is 0.240 e. The molecular weight excluding hydrogens is 216 g/mol. The van der Waals surface area contributed by atoms with Gasteiger partial charge in [-0.25, -0.2) is 0 Å². The van der Waals surface area contributed by atoms with Gasteiger partial charge in [0.1, 0.15) is 0 Å². The number of nitrogens with one attached hydrogen (secondary N) is 1. The van der Waals surface area contributed by atoms with E-state index in [9.17, 15) is 9.90 Å². The van der Waals surface area contributed by atoms with Crippen LogP contribution in [-0.2, 0) is 11.3 Å². The number of carbonyl (C=O) groups excluding carboxylic acids is 1. The number of para-hydroxylation sites is 1. The molecule has 92 valence electrons. The van der Waals surface area contributed by atoms with E-state index < -0.39 is 0 Å². The van der Waals surface area contributed by atoms with Crippen molar-refractivity contribution in [2.24, 2.45) is 0 Å². The van der Waals surface area contributed by atoms with Gasteiger partial charge in [0.05, 0.1) is 12.6 Å². The molecule has 1 unspecified atom stereocenters. The number of fused-ring (bicyclic) bond motifs is 1. The predicted octanol–water partition coefficient (Wildman–Crippen LogP) is 0.894. The summed E-state index contributed by atoms with van der Waals surface area (Å²) >= 11 is 0. The number of nitrogens with zero attached hydrogens (tertiary/aromatic N) is 1. The molecule has 4 heteroatoms. The summed E-state index contributed by atoms with van der Waals surface area (Å²) in [7, 11) is 0. The zero-order valence-corrected chi connectivity index (χ0v) is 10.0. The van der Waals surface area contributed by atoms with E-state index in [1.165, 1.54) is 0 Å². The minimum absolute atomic E-state index is 0.0654. The third-order valence-corrected chi connectivity index (χ3v) is 2.95. The fourth-order valence-corrected chi connectivity index (χ4v) is 2.02. The molecule has 4 nitrogen and oxygen atoms in total. The highest BCUT2D eigenvalue weighted by Crippen LogP contribution is 2.22. The Morgan fingerprint density at radius 2 is 2.18 bits per heavy atom. The number of rotatable bonds is 3. The van der Waals surface area contributed by atoms with Gasteiger partial charge >= 0.3 is 0 Å². The molecule has 1 atom stereocenters. The number of hydrogen-bond acceptors (Lipinski definition) is 3. The van der Waals surface area contributed by atoms with Gasteiger partial charge in [-0.05, 0) is 25.0 Å². The van der Waals surface area contributed by atoms with E-state index in [-0.39, 0.29) is 12.0 Å². The fraction of sp³-hybridized carbons (Fsp3) is 0.462. The Bertz CT molecular complexity index is 404. The van der Waals surface area contributed by atoms with Crippen molar-refractivity contribution < 1.29 is 9.90 Å². The Morgan fingerprint density at radius 1 is 1.41 bits per heavy atom. The van der Waals surface area contributed by atoms with Gasteiger partial charge in [0.25, 0.3) is 0 Å². The van der Waals surface area contributed by atoms with Crippen LogP contribution in [0.2, 0.25) is 0 Å². The lowest BCUT2D eigenvalue weighted by Crippen LogP contribution is -2.37. The van der Waals surface area contributed by atoms with E-state index in [0.717, 1.165) is 11.3 Å². The van der Waals surface area contributed by atoms with E-state index in [1.807, 2.05) is 24.3 Å². The van der Waals surface area contributed by atoms with Gasteiger partial charge in [-0.1, -0.05) is 18.2 Å². The average Bonchev–Trinajstić information content (AvgIpc) is 2.45. The maximum Gasteiger partial charge on any atom is 0.240 e. The summed E-state index contributed by atoms with van der Waals surface area (Å²) in [6, 6.07) is 7.90. The lowest BCUT2D eigenvalue weighted by molar-refractivity contribution is -0.117. The standard InChI is InChI=1S/C13H18N2O2/c1-10(16)6-7-15-12-5-3-2-4-11(12)8-14-9-13(15)17/h2-5,10,14,16H,6-9H2,1H3. The maximum absolute atomic E-state index is 12.0. The van der Waals surface area contributed by atoms with Crippen LogP contribution in [0.1, 0.15) is 18.9 Å². The monoisotopic (exact) mass is 234 g/mol. The van der Waals surface area contributed by atoms with Crippen molar-refractivity contribution in [3.05, 3.63) is 29.8 Å². The molecule has 0 saturated heterocycles. The molecule has 0 bridgehead atoms. The Morgan fingerprint density at radius 3 is 2.94 bits per heavy atom. The van der Waals surface area contributed by atoms with Gasteiger partial charge in [-0.3, -0.25) is 4.79 Å². The molecule has 1 aromatic rings. The summed E-state index contributed by atoms with van der Waals surface area (Å²) in [5.41, 5.74) is 2.09. The maximum atomic E-state index is 12.0. The van der Waals surface area contributed by atoms with Crippen molar-refractivity contribution in [1.82, 2.24) is 5.32 Å². The molecule has 1 aliphatic heterocycles. The molecule has 0 aromatic heterocycles. The summed E-state index contributed by atoms with van der Waals surface area (Å²) in [5.74, 6) is 0.0654. The zero-order chi connectivity index (χ0) is 12.3. The Labute approximate surface area is 101 Å². The first-order chi connectivity index (χ1) is 8.18. The van der Waals surface area contributed by atoms with Crippen molar-refractivity contribution in [3.8, 4) is 0 Å². The van der Waals surface area contributed by atoms with E-state index in [4.69, 9.17) is 0 Å². The van der Waals surface area contributed by atoms with Crippen molar-refractivity contribution in [1.29, 1.82) is 0 Å². The second-order valence-corrected chi connectivity index (χ2v) is 4.42. The van der Waals surface area contributed by atoms with Crippen LogP contribution in [0.25, 0.3) is 0 Å². The number of carbonyl (C=O) groups is 1. The minimum atomic E-state index is -0.383. The van der Waals surface area contributed by atoms with Crippen LogP contribution in [-0.4, -0.2) is 30.2 Å². The molecule has 0 aliphatic carbocycles.